The van der Waals surface area contributed by atoms with Crippen LogP contribution in [0.2, 0.25) is 5.02 Å². The molecular formula is C15H16ClN3O3. The average molecular weight is 322 g/mol. The number of hydrogen-bond acceptors (Lipinski definition) is 4. The molecule has 1 aromatic carbocycles. The minimum Gasteiger partial charge on any atom is -0.490 e. The molecule has 2 aromatic rings. The second kappa shape index (κ2) is 6.27. The average Bonchev–Trinajstić information content (AvgIpc) is 2.74. The predicted molar refractivity (Wildman–Crippen MR) is 82.6 cm³/mol. The van der Waals surface area contributed by atoms with Gasteiger partial charge in [-0.25, -0.2) is 4.98 Å². The maximum absolute atomic E-state index is 12.1. The highest BCUT2D eigenvalue weighted by Gasteiger charge is 2.16. The molecule has 2 heterocycles. The third kappa shape index (κ3) is 3.17. The topological polar surface area (TPSA) is 65.4 Å². The zero-order valence-corrected chi connectivity index (χ0v) is 12.9. The van der Waals surface area contributed by atoms with Gasteiger partial charge in [0.1, 0.15) is 0 Å². The molecule has 1 amide bonds. The van der Waals surface area contributed by atoms with Gasteiger partial charge in [0.05, 0.1) is 36.7 Å². The van der Waals surface area contributed by atoms with Gasteiger partial charge >= 0.3 is 0 Å². The number of fused-ring (bicyclic) bond motifs is 1. The monoisotopic (exact) mass is 321 g/mol. The molecule has 0 bridgehead atoms. The number of nitrogens with zero attached hydrogens (tertiary/aromatic N) is 2. The van der Waals surface area contributed by atoms with E-state index in [9.17, 15) is 4.79 Å². The molecule has 0 fully saturated rings. The summed E-state index contributed by atoms with van der Waals surface area (Å²) in [6.07, 6.45) is 4.36. The summed E-state index contributed by atoms with van der Waals surface area (Å²) in [6, 6.07) is 3.37. The SMILES string of the molecule is Cn1cncc1CC(=O)Nc1cc2c(cc1Cl)OCCCO2. The van der Waals surface area contributed by atoms with Crippen LogP contribution in [0, 0.1) is 0 Å². The second-order valence-electron chi connectivity index (χ2n) is 5.05. The molecule has 0 saturated heterocycles. The van der Waals surface area contributed by atoms with Gasteiger partial charge in [-0.1, -0.05) is 11.6 Å². The van der Waals surface area contributed by atoms with Crippen molar-refractivity contribution in [3.63, 3.8) is 0 Å². The van der Waals surface area contributed by atoms with Crippen LogP contribution in [-0.2, 0) is 18.3 Å². The molecule has 0 saturated carbocycles. The van der Waals surface area contributed by atoms with Gasteiger partial charge in [-0.2, -0.15) is 0 Å². The molecule has 1 aliphatic heterocycles. The molecule has 3 rings (SSSR count). The molecule has 0 atom stereocenters. The fourth-order valence-corrected chi connectivity index (χ4v) is 2.39. The Kier molecular flexibility index (Phi) is 4.20. The summed E-state index contributed by atoms with van der Waals surface area (Å²) in [5, 5.41) is 3.22. The van der Waals surface area contributed by atoms with Crippen molar-refractivity contribution < 1.29 is 14.3 Å². The lowest BCUT2D eigenvalue weighted by atomic mass is 10.2. The van der Waals surface area contributed by atoms with Gasteiger partial charge in [-0.15, -0.1) is 0 Å². The zero-order valence-electron chi connectivity index (χ0n) is 12.1. The van der Waals surface area contributed by atoms with Crippen LogP contribution in [0.15, 0.2) is 24.7 Å². The fraction of sp³-hybridized carbons (Fsp3) is 0.333. The number of ether oxygens (including phenoxy) is 2. The highest BCUT2D eigenvalue weighted by atomic mass is 35.5. The fourth-order valence-electron chi connectivity index (χ4n) is 2.19. The molecule has 0 spiro atoms. The number of amides is 1. The number of carbonyl (C=O) groups excluding carboxylic acids is 1. The maximum atomic E-state index is 12.1. The number of nitrogens with one attached hydrogen (secondary N) is 1. The number of aromatic nitrogens is 2. The van der Waals surface area contributed by atoms with Crippen LogP contribution in [-0.4, -0.2) is 28.7 Å². The van der Waals surface area contributed by atoms with E-state index in [2.05, 4.69) is 10.3 Å². The first-order valence-electron chi connectivity index (χ1n) is 6.97. The number of rotatable bonds is 3. The Morgan fingerprint density at radius 3 is 2.77 bits per heavy atom. The minimum absolute atomic E-state index is 0.167. The number of halogens is 1. The van der Waals surface area contributed by atoms with Crippen molar-refractivity contribution in [3.05, 3.63) is 35.4 Å². The summed E-state index contributed by atoms with van der Waals surface area (Å²) < 4.78 is 13.0. The molecule has 0 unspecified atom stereocenters. The first-order chi connectivity index (χ1) is 10.6. The molecule has 116 valence electrons. The Balaban J connectivity index is 1.76. The Hall–Kier alpha value is -2.21. The molecule has 1 aromatic heterocycles. The van der Waals surface area contributed by atoms with E-state index in [-0.39, 0.29) is 12.3 Å². The molecule has 0 aliphatic carbocycles. The van der Waals surface area contributed by atoms with Gasteiger partial charge in [-0.3, -0.25) is 4.79 Å². The van der Waals surface area contributed by atoms with Crippen molar-refractivity contribution in [2.75, 3.05) is 18.5 Å². The van der Waals surface area contributed by atoms with E-state index in [1.165, 1.54) is 0 Å². The van der Waals surface area contributed by atoms with E-state index in [1.54, 1.807) is 29.2 Å². The van der Waals surface area contributed by atoms with Crippen LogP contribution >= 0.6 is 11.6 Å². The van der Waals surface area contributed by atoms with Crippen LogP contribution in [0.3, 0.4) is 0 Å². The standard InChI is InChI=1S/C15H16ClN3O3/c1-19-9-17-8-10(19)5-15(20)18-12-7-14-13(6-11(12)16)21-3-2-4-22-14/h6-9H,2-5H2,1H3,(H,18,20). The lowest BCUT2D eigenvalue weighted by Crippen LogP contribution is -2.16. The molecule has 7 heteroatoms. The number of hydrogen-bond donors (Lipinski definition) is 1. The molecule has 22 heavy (non-hydrogen) atoms. The van der Waals surface area contributed by atoms with Crippen molar-refractivity contribution in [2.45, 2.75) is 12.8 Å². The molecular weight excluding hydrogens is 306 g/mol. The van der Waals surface area contributed by atoms with Crippen LogP contribution in [0.5, 0.6) is 11.5 Å². The van der Waals surface area contributed by atoms with Crippen molar-refractivity contribution in [3.8, 4) is 11.5 Å². The molecule has 6 nitrogen and oxygen atoms in total. The molecule has 1 N–H and O–H groups in total. The summed E-state index contributed by atoms with van der Waals surface area (Å²) in [4.78, 5) is 16.1. The zero-order chi connectivity index (χ0) is 15.5. The summed E-state index contributed by atoms with van der Waals surface area (Å²) in [6.45, 7) is 1.17. The Morgan fingerprint density at radius 1 is 1.36 bits per heavy atom. The largest absolute Gasteiger partial charge is 0.490 e. The van der Waals surface area contributed by atoms with E-state index in [0.717, 1.165) is 12.1 Å². The highest BCUT2D eigenvalue weighted by molar-refractivity contribution is 6.34. The Bertz CT molecular complexity index is 699. The number of imidazole rings is 1. The predicted octanol–water partition coefficient (Wildman–Crippen LogP) is 2.42. The van der Waals surface area contributed by atoms with Crippen LogP contribution in [0.25, 0.3) is 0 Å². The van der Waals surface area contributed by atoms with Crippen LogP contribution in [0.1, 0.15) is 12.1 Å². The van der Waals surface area contributed by atoms with Gasteiger partial charge in [0, 0.05) is 37.5 Å². The van der Waals surface area contributed by atoms with Gasteiger partial charge in [-0.05, 0) is 0 Å². The summed E-state index contributed by atoms with van der Waals surface area (Å²) in [5.41, 5.74) is 1.33. The summed E-state index contributed by atoms with van der Waals surface area (Å²) in [5.74, 6) is 1.03. The summed E-state index contributed by atoms with van der Waals surface area (Å²) >= 11 is 6.20. The molecule has 0 radical (unpaired) electrons. The summed E-state index contributed by atoms with van der Waals surface area (Å²) in [7, 11) is 1.84. The quantitative estimate of drug-likeness (QED) is 0.943. The Morgan fingerprint density at radius 2 is 2.09 bits per heavy atom. The van der Waals surface area contributed by atoms with E-state index in [1.807, 2.05) is 7.05 Å². The highest BCUT2D eigenvalue weighted by Crippen LogP contribution is 2.37. The first-order valence-corrected chi connectivity index (χ1v) is 7.35. The van der Waals surface area contributed by atoms with E-state index in [4.69, 9.17) is 21.1 Å². The smallest absolute Gasteiger partial charge is 0.230 e. The number of aryl methyl sites for hydroxylation is 1. The van der Waals surface area contributed by atoms with E-state index in [0.29, 0.717) is 35.4 Å². The van der Waals surface area contributed by atoms with Crippen LogP contribution < -0.4 is 14.8 Å². The number of carbonyl (C=O) groups is 1. The number of anilines is 1. The van der Waals surface area contributed by atoms with Gasteiger partial charge < -0.3 is 19.4 Å². The maximum Gasteiger partial charge on any atom is 0.230 e. The third-order valence-electron chi connectivity index (χ3n) is 3.37. The van der Waals surface area contributed by atoms with E-state index >= 15 is 0 Å². The van der Waals surface area contributed by atoms with Crippen LogP contribution in [0.4, 0.5) is 5.69 Å². The lowest BCUT2D eigenvalue weighted by molar-refractivity contribution is -0.115. The van der Waals surface area contributed by atoms with Crippen molar-refractivity contribution in [1.29, 1.82) is 0 Å². The Labute approximate surface area is 133 Å². The normalized spacial score (nSPS) is 13.5. The van der Waals surface area contributed by atoms with Gasteiger partial charge in [0.25, 0.3) is 0 Å². The van der Waals surface area contributed by atoms with Crippen molar-refractivity contribution >= 4 is 23.2 Å². The molecule has 1 aliphatic rings. The van der Waals surface area contributed by atoms with Crippen molar-refractivity contribution in [2.24, 2.45) is 7.05 Å². The van der Waals surface area contributed by atoms with Gasteiger partial charge in [0.15, 0.2) is 11.5 Å². The first kappa shape index (κ1) is 14.7. The lowest BCUT2D eigenvalue weighted by Gasteiger charge is -2.12. The third-order valence-corrected chi connectivity index (χ3v) is 3.68. The minimum atomic E-state index is -0.167. The van der Waals surface area contributed by atoms with E-state index < -0.39 is 0 Å². The second-order valence-corrected chi connectivity index (χ2v) is 5.46. The number of benzene rings is 1. The van der Waals surface area contributed by atoms with Crippen molar-refractivity contribution in [1.82, 2.24) is 9.55 Å². The van der Waals surface area contributed by atoms with Gasteiger partial charge in [0.2, 0.25) is 5.91 Å².